The van der Waals surface area contributed by atoms with Crippen LogP contribution in [-0.4, -0.2) is 49.3 Å². The van der Waals surface area contributed by atoms with E-state index in [2.05, 4.69) is 16.3 Å². The van der Waals surface area contributed by atoms with Crippen LogP contribution >= 0.6 is 0 Å². The molecule has 1 fully saturated rings. The Morgan fingerprint density at radius 2 is 2.29 bits per heavy atom. The van der Waals surface area contributed by atoms with Crippen molar-refractivity contribution in [2.24, 2.45) is 0 Å². The van der Waals surface area contributed by atoms with Crippen molar-refractivity contribution in [2.75, 3.05) is 26.3 Å². The number of nitrogens with one attached hydrogen (secondary N) is 1. The molecular weight excluding hydrogens is 268 g/mol. The van der Waals surface area contributed by atoms with Gasteiger partial charge in [0.1, 0.15) is 11.9 Å². The van der Waals surface area contributed by atoms with Gasteiger partial charge in [-0.05, 0) is 19.4 Å². The van der Waals surface area contributed by atoms with Gasteiger partial charge in [-0.3, -0.25) is 9.69 Å². The molecular formula is C16H22N2O3. The standard InChI is InChI=1S/C16H22N2O3/c1-12-8-18(9-13-4-2-3-5-15(13)21-12)10-16(19)17-14-6-7-20-11-14/h2-5,12,14H,6-11H2,1H3,(H,17,19). The number of para-hydroxylation sites is 1. The second-order valence-electron chi connectivity index (χ2n) is 5.83. The van der Waals surface area contributed by atoms with Gasteiger partial charge in [0.15, 0.2) is 0 Å². The number of ether oxygens (including phenoxy) is 2. The highest BCUT2D eigenvalue weighted by atomic mass is 16.5. The smallest absolute Gasteiger partial charge is 0.234 e. The summed E-state index contributed by atoms with van der Waals surface area (Å²) in [5.74, 6) is 0.995. The Kier molecular flexibility index (Phi) is 4.41. The van der Waals surface area contributed by atoms with Gasteiger partial charge in [0, 0.05) is 25.3 Å². The Hall–Kier alpha value is -1.59. The Morgan fingerprint density at radius 3 is 3.10 bits per heavy atom. The lowest BCUT2D eigenvalue weighted by Gasteiger charge is -2.22. The van der Waals surface area contributed by atoms with Crippen molar-refractivity contribution >= 4 is 5.91 Å². The topological polar surface area (TPSA) is 50.8 Å². The van der Waals surface area contributed by atoms with Gasteiger partial charge in [-0.25, -0.2) is 0 Å². The van der Waals surface area contributed by atoms with Crippen LogP contribution in [0.2, 0.25) is 0 Å². The molecule has 21 heavy (non-hydrogen) atoms. The summed E-state index contributed by atoms with van der Waals surface area (Å²) in [5.41, 5.74) is 1.14. The van der Waals surface area contributed by atoms with Gasteiger partial charge >= 0.3 is 0 Å². The molecule has 1 N–H and O–H groups in total. The number of carbonyl (C=O) groups is 1. The lowest BCUT2D eigenvalue weighted by molar-refractivity contribution is -0.123. The number of rotatable bonds is 3. The van der Waals surface area contributed by atoms with Crippen molar-refractivity contribution in [1.29, 1.82) is 0 Å². The number of carbonyl (C=O) groups excluding carboxylic acids is 1. The molecule has 0 aliphatic carbocycles. The number of benzene rings is 1. The number of hydrogen-bond donors (Lipinski definition) is 1. The van der Waals surface area contributed by atoms with Gasteiger partial charge in [-0.2, -0.15) is 0 Å². The first-order valence-corrected chi connectivity index (χ1v) is 7.55. The van der Waals surface area contributed by atoms with E-state index >= 15 is 0 Å². The van der Waals surface area contributed by atoms with Crippen molar-refractivity contribution in [2.45, 2.75) is 32.0 Å². The maximum absolute atomic E-state index is 12.1. The monoisotopic (exact) mass is 290 g/mol. The average Bonchev–Trinajstić information content (AvgIpc) is 2.87. The zero-order chi connectivity index (χ0) is 14.7. The third-order valence-corrected chi connectivity index (χ3v) is 3.87. The molecule has 1 saturated heterocycles. The van der Waals surface area contributed by atoms with E-state index in [1.54, 1.807) is 0 Å². The van der Waals surface area contributed by atoms with Crippen molar-refractivity contribution in [3.05, 3.63) is 29.8 Å². The molecule has 2 heterocycles. The molecule has 0 radical (unpaired) electrons. The molecule has 5 heteroatoms. The van der Waals surface area contributed by atoms with Gasteiger partial charge in [0.2, 0.25) is 5.91 Å². The summed E-state index contributed by atoms with van der Waals surface area (Å²) in [7, 11) is 0. The molecule has 1 aromatic carbocycles. The van der Waals surface area contributed by atoms with E-state index in [4.69, 9.17) is 9.47 Å². The second kappa shape index (κ2) is 6.45. The zero-order valence-electron chi connectivity index (χ0n) is 12.4. The fourth-order valence-corrected chi connectivity index (χ4v) is 2.92. The fourth-order valence-electron chi connectivity index (χ4n) is 2.92. The van der Waals surface area contributed by atoms with Crippen molar-refractivity contribution in [3.63, 3.8) is 0 Å². The molecule has 2 aliphatic heterocycles. The number of hydrogen-bond acceptors (Lipinski definition) is 4. The molecule has 0 bridgehead atoms. The summed E-state index contributed by atoms with van der Waals surface area (Å²) in [6, 6.07) is 8.21. The number of nitrogens with zero attached hydrogens (tertiary/aromatic N) is 1. The van der Waals surface area contributed by atoms with Crippen LogP contribution in [0.25, 0.3) is 0 Å². The average molecular weight is 290 g/mol. The summed E-state index contributed by atoms with van der Waals surface area (Å²) in [6.07, 6.45) is 0.991. The minimum absolute atomic E-state index is 0.0667. The van der Waals surface area contributed by atoms with E-state index < -0.39 is 0 Å². The fraction of sp³-hybridized carbons (Fsp3) is 0.562. The summed E-state index contributed by atoms with van der Waals surface area (Å²) in [5, 5.41) is 3.04. The predicted molar refractivity (Wildman–Crippen MR) is 79.2 cm³/mol. The van der Waals surface area contributed by atoms with E-state index in [-0.39, 0.29) is 18.1 Å². The van der Waals surface area contributed by atoms with E-state index in [0.717, 1.165) is 37.4 Å². The summed E-state index contributed by atoms with van der Waals surface area (Å²) >= 11 is 0. The van der Waals surface area contributed by atoms with Crippen LogP contribution in [0.1, 0.15) is 18.9 Å². The maximum Gasteiger partial charge on any atom is 0.234 e. The van der Waals surface area contributed by atoms with Gasteiger partial charge in [-0.15, -0.1) is 0 Å². The molecule has 0 spiro atoms. The molecule has 1 amide bonds. The molecule has 3 rings (SSSR count). The van der Waals surface area contributed by atoms with Gasteiger partial charge in [-0.1, -0.05) is 18.2 Å². The molecule has 0 saturated carbocycles. The Labute approximate surface area is 125 Å². The van der Waals surface area contributed by atoms with E-state index in [1.165, 1.54) is 0 Å². The van der Waals surface area contributed by atoms with E-state index in [1.807, 2.05) is 25.1 Å². The van der Waals surface area contributed by atoms with E-state index in [9.17, 15) is 4.79 Å². The molecule has 2 aliphatic rings. The Morgan fingerprint density at radius 1 is 1.43 bits per heavy atom. The van der Waals surface area contributed by atoms with Crippen LogP contribution in [0.4, 0.5) is 0 Å². The van der Waals surface area contributed by atoms with Crippen LogP contribution in [0.15, 0.2) is 24.3 Å². The van der Waals surface area contributed by atoms with E-state index in [0.29, 0.717) is 13.2 Å². The van der Waals surface area contributed by atoms with Crippen LogP contribution in [-0.2, 0) is 16.1 Å². The van der Waals surface area contributed by atoms with Crippen molar-refractivity contribution in [1.82, 2.24) is 10.2 Å². The second-order valence-corrected chi connectivity index (χ2v) is 5.83. The maximum atomic E-state index is 12.1. The van der Waals surface area contributed by atoms with Crippen LogP contribution < -0.4 is 10.1 Å². The summed E-state index contributed by atoms with van der Waals surface area (Å²) < 4.78 is 11.2. The zero-order valence-corrected chi connectivity index (χ0v) is 12.4. The van der Waals surface area contributed by atoms with Crippen LogP contribution in [0.5, 0.6) is 5.75 Å². The highest BCUT2D eigenvalue weighted by molar-refractivity contribution is 5.78. The van der Waals surface area contributed by atoms with Gasteiger partial charge in [0.05, 0.1) is 19.2 Å². The van der Waals surface area contributed by atoms with Crippen LogP contribution in [0, 0.1) is 0 Å². The SMILES string of the molecule is CC1CN(CC(=O)NC2CCOC2)Cc2ccccc2O1. The first-order chi connectivity index (χ1) is 10.2. The molecule has 114 valence electrons. The third-order valence-electron chi connectivity index (χ3n) is 3.87. The Bertz CT molecular complexity index is 500. The minimum Gasteiger partial charge on any atom is -0.489 e. The first-order valence-electron chi connectivity index (χ1n) is 7.55. The molecule has 0 aromatic heterocycles. The minimum atomic E-state index is 0.0667. The molecule has 2 unspecified atom stereocenters. The number of fused-ring (bicyclic) bond motifs is 1. The normalized spacial score (nSPS) is 25.8. The molecule has 1 aromatic rings. The lowest BCUT2D eigenvalue weighted by atomic mass is 10.2. The van der Waals surface area contributed by atoms with Crippen molar-refractivity contribution in [3.8, 4) is 5.75 Å². The quantitative estimate of drug-likeness (QED) is 0.908. The summed E-state index contributed by atoms with van der Waals surface area (Å²) in [4.78, 5) is 14.3. The first kappa shape index (κ1) is 14.4. The highest BCUT2D eigenvalue weighted by Crippen LogP contribution is 2.24. The largest absolute Gasteiger partial charge is 0.489 e. The Balaban J connectivity index is 1.61. The van der Waals surface area contributed by atoms with Gasteiger partial charge in [0.25, 0.3) is 0 Å². The van der Waals surface area contributed by atoms with Crippen molar-refractivity contribution < 1.29 is 14.3 Å². The highest BCUT2D eigenvalue weighted by Gasteiger charge is 2.23. The molecule has 2 atom stereocenters. The van der Waals surface area contributed by atoms with Crippen LogP contribution in [0.3, 0.4) is 0 Å². The lowest BCUT2D eigenvalue weighted by Crippen LogP contribution is -2.43. The third kappa shape index (κ3) is 3.74. The van der Waals surface area contributed by atoms with Gasteiger partial charge < -0.3 is 14.8 Å². The summed E-state index contributed by atoms with van der Waals surface area (Å²) in [6.45, 7) is 5.32. The molecule has 5 nitrogen and oxygen atoms in total. The number of amides is 1. The predicted octanol–water partition coefficient (Wildman–Crippen LogP) is 1.17.